The Bertz CT molecular complexity index is 859. The molecule has 2 aromatic rings. The Morgan fingerprint density at radius 3 is 2.88 bits per heavy atom. The smallest absolute Gasteiger partial charge is 0.249 e. The van der Waals surface area contributed by atoms with E-state index in [1.165, 1.54) is 11.0 Å². The Morgan fingerprint density at radius 2 is 2.19 bits per heavy atom. The Balaban J connectivity index is 1.69. The average molecular weight is 366 g/mol. The summed E-state index contributed by atoms with van der Waals surface area (Å²) in [5.74, 6) is 1.23. The molecule has 3 rings (SSSR count). The van der Waals surface area contributed by atoms with Crippen molar-refractivity contribution in [3.8, 4) is 11.8 Å². The van der Waals surface area contributed by atoms with Gasteiger partial charge in [-0.2, -0.15) is 5.26 Å². The molecule has 1 amide bonds. The minimum atomic E-state index is -0.220. The first-order valence-corrected chi connectivity index (χ1v) is 9.69. The van der Waals surface area contributed by atoms with Gasteiger partial charge in [0.05, 0.1) is 12.2 Å². The molecule has 0 bridgehead atoms. The second-order valence-corrected chi connectivity index (χ2v) is 7.60. The number of benzene rings is 1. The van der Waals surface area contributed by atoms with E-state index in [0.717, 1.165) is 36.1 Å². The number of carbonyl (C=O) groups excluding carboxylic acids is 1. The number of hydrogen-bond donors (Lipinski definition) is 1. The van der Waals surface area contributed by atoms with E-state index in [-0.39, 0.29) is 5.91 Å². The second kappa shape index (κ2) is 8.20. The van der Waals surface area contributed by atoms with Crippen LogP contribution in [0.5, 0.6) is 5.75 Å². The molecule has 26 heavy (non-hydrogen) atoms. The highest BCUT2D eigenvalue weighted by Crippen LogP contribution is 2.39. The molecule has 1 unspecified atom stereocenters. The van der Waals surface area contributed by atoms with E-state index in [4.69, 9.17) is 4.74 Å². The summed E-state index contributed by atoms with van der Waals surface area (Å²) in [4.78, 5) is 13.5. The molecule has 0 radical (unpaired) electrons. The molecule has 1 aliphatic carbocycles. The molecule has 0 saturated carbocycles. The molecule has 1 N–H and O–H groups in total. The summed E-state index contributed by atoms with van der Waals surface area (Å²) in [6, 6.07) is 9.84. The minimum absolute atomic E-state index is 0.220. The fraction of sp³-hybridized carbons (Fsp3) is 0.333. The molecule has 0 fully saturated rings. The number of nitriles is 1. The van der Waals surface area contributed by atoms with Gasteiger partial charge in [0.1, 0.15) is 16.8 Å². The van der Waals surface area contributed by atoms with Gasteiger partial charge in [0, 0.05) is 11.0 Å². The molecule has 0 spiro atoms. The van der Waals surface area contributed by atoms with Gasteiger partial charge >= 0.3 is 0 Å². The normalized spacial score (nSPS) is 16.1. The molecule has 0 aliphatic heterocycles. The van der Waals surface area contributed by atoms with Gasteiger partial charge in [0.25, 0.3) is 0 Å². The van der Waals surface area contributed by atoms with Crippen molar-refractivity contribution in [1.82, 2.24) is 0 Å². The summed E-state index contributed by atoms with van der Waals surface area (Å²) in [5, 5.41) is 13.1. The van der Waals surface area contributed by atoms with Crippen molar-refractivity contribution in [2.75, 3.05) is 11.9 Å². The number of rotatable bonds is 5. The van der Waals surface area contributed by atoms with Crippen LogP contribution in [-0.2, 0) is 17.6 Å². The highest BCUT2D eigenvalue weighted by molar-refractivity contribution is 7.16. The van der Waals surface area contributed by atoms with E-state index in [0.29, 0.717) is 23.1 Å². The van der Waals surface area contributed by atoms with Crippen LogP contribution in [0.4, 0.5) is 5.00 Å². The summed E-state index contributed by atoms with van der Waals surface area (Å²) in [5.41, 5.74) is 2.68. The maximum absolute atomic E-state index is 12.3. The molecule has 1 aliphatic rings. The summed E-state index contributed by atoms with van der Waals surface area (Å²) >= 11 is 1.54. The summed E-state index contributed by atoms with van der Waals surface area (Å²) in [6.45, 7) is 4.80. The van der Waals surface area contributed by atoms with Gasteiger partial charge < -0.3 is 10.1 Å². The van der Waals surface area contributed by atoms with E-state index in [9.17, 15) is 10.1 Å². The Kier molecular flexibility index (Phi) is 5.75. The number of nitrogens with one attached hydrogen (secondary N) is 1. The van der Waals surface area contributed by atoms with Crippen molar-refractivity contribution in [3.05, 3.63) is 51.9 Å². The van der Waals surface area contributed by atoms with Crippen LogP contribution in [0, 0.1) is 17.2 Å². The number of ether oxygens (including phenoxy) is 1. The molecule has 1 aromatic heterocycles. The van der Waals surface area contributed by atoms with E-state index in [1.807, 2.05) is 31.2 Å². The molecular weight excluding hydrogens is 344 g/mol. The number of fused-ring (bicyclic) bond motifs is 1. The molecule has 1 atom stereocenters. The topological polar surface area (TPSA) is 62.1 Å². The quantitative estimate of drug-likeness (QED) is 0.774. The Morgan fingerprint density at radius 1 is 1.42 bits per heavy atom. The molecule has 134 valence electrons. The number of amides is 1. The van der Waals surface area contributed by atoms with Crippen molar-refractivity contribution < 1.29 is 9.53 Å². The minimum Gasteiger partial charge on any atom is -0.494 e. The van der Waals surface area contributed by atoms with Gasteiger partial charge in [0.2, 0.25) is 5.91 Å². The maximum atomic E-state index is 12.3. The van der Waals surface area contributed by atoms with Crippen LogP contribution in [0.25, 0.3) is 6.08 Å². The third-order valence-corrected chi connectivity index (χ3v) is 5.65. The molecule has 5 heteroatoms. The highest BCUT2D eigenvalue weighted by Gasteiger charge is 2.24. The first-order chi connectivity index (χ1) is 12.6. The molecule has 1 aromatic carbocycles. The van der Waals surface area contributed by atoms with Crippen LogP contribution in [0.3, 0.4) is 0 Å². The average Bonchev–Trinajstić information content (AvgIpc) is 2.97. The number of carbonyl (C=O) groups is 1. The van der Waals surface area contributed by atoms with Crippen LogP contribution < -0.4 is 10.1 Å². The zero-order chi connectivity index (χ0) is 18.5. The number of hydrogen-bond acceptors (Lipinski definition) is 4. The molecule has 1 heterocycles. The van der Waals surface area contributed by atoms with Crippen molar-refractivity contribution in [2.24, 2.45) is 5.92 Å². The van der Waals surface area contributed by atoms with Crippen LogP contribution in [-0.4, -0.2) is 12.5 Å². The predicted octanol–water partition coefficient (Wildman–Crippen LogP) is 4.80. The standard InChI is InChI=1S/C21H22N2O2S/c1-3-25-16-8-5-15(6-9-16)7-11-20(24)23-21-18(13-22)17-10-4-14(2)12-19(17)26-21/h5-9,11,14H,3-4,10,12H2,1-2H3,(H,23,24)/b11-7+. The molecule has 0 saturated heterocycles. The zero-order valence-corrected chi connectivity index (χ0v) is 15.9. The first-order valence-electron chi connectivity index (χ1n) is 8.87. The van der Waals surface area contributed by atoms with Crippen molar-refractivity contribution in [3.63, 3.8) is 0 Å². The number of thiophene rings is 1. The lowest BCUT2D eigenvalue weighted by atomic mass is 9.89. The summed E-state index contributed by atoms with van der Waals surface area (Å²) in [7, 11) is 0. The van der Waals surface area contributed by atoms with E-state index < -0.39 is 0 Å². The summed E-state index contributed by atoms with van der Waals surface area (Å²) in [6.07, 6.45) is 6.27. The third-order valence-electron chi connectivity index (χ3n) is 4.48. The van der Waals surface area contributed by atoms with Gasteiger partial charge in [0.15, 0.2) is 0 Å². The monoisotopic (exact) mass is 366 g/mol. The lowest BCUT2D eigenvalue weighted by Crippen LogP contribution is -2.10. The van der Waals surface area contributed by atoms with E-state index in [2.05, 4.69) is 18.3 Å². The van der Waals surface area contributed by atoms with Crippen LogP contribution in [0.1, 0.15) is 41.8 Å². The lowest BCUT2D eigenvalue weighted by Gasteiger charge is -2.17. The predicted molar refractivity (Wildman–Crippen MR) is 105 cm³/mol. The lowest BCUT2D eigenvalue weighted by molar-refractivity contribution is -0.111. The number of nitrogens with zero attached hydrogens (tertiary/aromatic N) is 1. The van der Waals surface area contributed by atoms with Crippen LogP contribution in [0.2, 0.25) is 0 Å². The van der Waals surface area contributed by atoms with Crippen molar-refractivity contribution in [1.29, 1.82) is 5.26 Å². The van der Waals surface area contributed by atoms with Gasteiger partial charge in [-0.05, 0) is 61.4 Å². The van der Waals surface area contributed by atoms with E-state index >= 15 is 0 Å². The van der Waals surface area contributed by atoms with Crippen LogP contribution >= 0.6 is 11.3 Å². The van der Waals surface area contributed by atoms with Crippen molar-refractivity contribution >= 4 is 28.3 Å². The Hall–Kier alpha value is -2.58. The largest absolute Gasteiger partial charge is 0.494 e. The van der Waals surface area contributed by atoms with Gasteiger partial charge in [-0.15, -0.1) is 11.3 Å². The first kappa shape index (κ1) is 18.2. The fourth-order valence-electron chi connectivity index (χ4n) is 3.12. The fourth-order valence-corrected chi connectivity index (χ4v) is 4.49. The summed E-state index contributed by atoms with van der Waals surface area (Å²) < 4.78 is 5.41. The highest BCUT2D eigenvalue weighted by atomic mass is 32.1. The molecular formula is C21H22N2O2S. The number of anilines is 1. The SMILES string of the molecule is CCOc1ccc(/C=C/C(=O)Nc2sc3c(c2C#N)CCC(C)C3)cc1. The van der Waals surface area contributed by atoms with Crippen molar-refractivity contribution in [2.45, 2.75) is 33.1 Å². The zero-order valence-electron chi connectivity index (χ0n) is 15.0. The van der Waals surface area contributed by atoms with Gasteiger partial charge in [-0.1, -0.05) is 19.1 Å². The maximum Gasteiger partial charge on any atom is 0.249 e. The van der Waals surface area contributed by atoms with Crippen LogP contribution in [0.15, 0.2) is 30.3 Å². The second-order valence-electron chi connectivity index (χ2n) is 6.49. The van der Waals surface area contributed by atoms with E-state index in [1.54, 1.807) is 17.4 Å². The van der Waals surface area contributed by atoms with Gasteiger partial charge in [-0.25, -0.2) is 0 Å². The third kappa shape index (κ3) is 4.14. The van der Waals surface area contributed by atoms with Gasteiger partial charge in [-0.3, -0.25) is 4.79 Å². The molecule has 4 nitrogen and oxygen atoms in total. The Labute approximate surface area is 158 Å².